The lowest BCUT2D eigenvalue weighted by Crippen LogP contribution is -2.51. The van der Waals surface area contributed by atoms with Gasteiger partial charge in [0.15, 0.2) is 0 Å². The molecule has 1 aliphatic rings. The van der Waals surface area contributed by atoms with E-state index in [1.165, 1.54) is 24.3 Å². The van der Waals surface area contributed by atoms with Crippen LogP contribution in [-0.4, -0.2) is 60.9 Å². The van der Waals surface area contributed by atoms with Crippen molar-refractivity contribution < 1.29 is 14.0 Å². The number of para-hydroxylation sites is 1. The zero-order chi connectivity index (χ0) is 19.2. The van der Waals surface area contributed by atoms with E-state index in [9.17, 15) is 14.0 Å². The number of likely N-dealkylation sites (N-methyl/N-ethyl adjacent to an activating group) is 1. The van der Waals surface area contributed by atoms with Gasteiger partial charge in [-0.3, -0.25) is 14.5 Å². The standard InChI is InChI=1S/C21H24FN3O2/c1-2-25(19-6-4-3-5-7-19)20(26)16-23-12-14-24(15-13-23)21(27)17-8-10-18(22)11-9-17/h3-11H,2,12-16H2,1H3. The number of rotatable bonds is 5. The quantitative estimate of drug-likeness (QED) is 0.814. The molecule has 1 saturated heterocycles. The van der Waals surface area contributed by atoms with E-state index in [0.717, 1.165) is 5.69 Å². The number of amides is 2. The second kappa shape index (κ2) is 8.77. The zero-order valence-electron chi connectivity index (χ0n) is 15.5. The molecular weight excluding hydrogens is 345 g/mol. The summed E-state index contributed by atoms with van der Waals surface area (Å²) in [7, 11) is 0. The highest BCUT2D eigenvalue weighted by Crippen LogP contribution is 2.14. The Bertz CT molecular complexity index is 772. The van der Waals surface area contributed by atoms with Gasteiger partial charge in [-0.05, 0) is 43.3 Å². The Kier molecular flexibility index (Phi) is 6.19. The minimum absolute atomic E-state index is 0.0574. The molecule has 1 fully saturated rings. The number of nitrogens with zero attached hydrogens (tertiary/aromatic N) is 3. The Morgan fingerprint density at radius 1 is 0.963 bits per heavy atom. The first kappa shape index (κ1) is 19.0. The smallest absolute Gasteiger partial charge is 0.253 e. The van der Waals surface area contributed by atoms with Crippen LogP contribution in [-0.2, 0) is 4.79 Å². The van der Waals surface area contributed by atoms with Crippen molar-refractivity contribution in [1.29, 1.82) is 0 Å². The van der Waals surface area contributed by atoms with Crippen LogP contribution < -0.4 is 4.90 Å². The molecule has 0 unspecified atom stereocenters. The highest BCUT2D eigenvalue weighted by Gasteiger charge is 2.25. The number of hydrogen-bond donors (Lipinski definition) is 0. The number of halogens is 1. The molecular formula is C21H24FN3O2. The number of carbonyl (C=O) groups is 2. The average Bonchev–Trinajstić information content (AvgIpc) is 2.70. The van der Waals surface area contributed by atoms with Crippen LogP contribution in [0.2, 0.25) is 0 Å². The van der Waals surface area contributed by atoms with Gasteiger partial charge in [0.1, 0.15) is 5.82 Å². The van der Waals surface area contributed by atoms with Gasteiger partial charge in [-0.1, -0.05) is 18.2 Å². The van der Waals surface area contributed by atoms with E-state index in [4.69, 9.17) is 0 Å². The van der Waals surface area contributed by atoms with E-state index in [1.807, 2.05) is 37.3 Å². The molecule has 0 atom stereocenters. The molecule has 0 bridgehead atoms. The third kappa shape index (κ3) is 4.71. The molecule has 0 spiro atoms. The van der Waals surface area contributed by atoms with Crippen molar-refractivity contribution >= 4 is 17.5 Å². The van der Waals surface area contributed by atoms with Crippen LogP contribution >= 0.6 is 0 Å². The van der Waals surface area contributed by atoms with Crippen molar-refractivity contribution in [2.45, 2.75) is 6.92 Å². The summed E-state index contributed by atoms with van der Waals surface area (Å²) >= 11 is 0. The van der Waals surface area contributed by atoms with Crippen LogP contribution in [0.15, 0.2) is 54.6 Å². The van der Waals surface area contributed by atoms with Gasteiger partial charge < -0.3 is 9.80 Å². The van der Waals surface area contributed by atoms with Gasteiger partial charge in [-0.25, -0.2) is 4.39 Å². The van der Waals surface area contributed by atoms with E-state index < -0.39 is 0 Å². The highest BCUT2D eigenvalue weighted by molar-refractivity contribution is 5.95. The van der Waals surface area contributed by atoms with Gasteiger partial charge in [0.05, 0.1) is 6.54 Å². The van der Waals surface area contributed by atoms with Crippen molar-refractivity contribution in [1.82, 2.24) is 9.80 Å². The Morgan fingerprint density at radius 2 is 1.59 bits per heavy atom. The van der Waals surface area contributed by atoms with Crippen molar-refractivity contribution in [3.8, 4) is 0 Å². The summed E-state index contributed by atoms with van der Waals surface area (Å²) < 4.78 is 13.0. The predicted octanol–water partition coefficient (Wildman–Crippen LogP) is 2.64. The second-order valence-electron chi connectivity index (χ2n) is 6.55. The first-order valence-electron chi connectivity index (χ1n) is 9.21. The summed E-state index contributed by atoms with van der Waals surface area (Å²) in [5, 5.41) is 0. The largest absolute Gasteiger partial charge is 0.336 e. The number of piperazine rings is 1. The maximum atomic E-state index is 13.0. The summed E-state index contributed by atoms with van der Waals surface area (Å²) in [4.78, 5) is 30.8. The number of hydrogen-bond acceptors (Lipinski definition) is 3. The Morgan fingerprint density at radius 3 is 2.19 bits per heavy atom. The van der Waals surface area contributed by atoms with Crippen molar-refractivity contribution in [3.63, 3.8) is 0 Å². The van der Waals surface area contributed by atoms with Crippen molar-refractivity contribution in [3.05, 3.63) is 66.0 Å². The van der Waals surface area contributed by atoms with Crippen LogP contribution in [0.25, 0.3) is 0 Å². The molecule has 2 aromatic rings. The molecule has 2 amide bonds. The molecule has 142 valence electrons. The zero-order valence-corrected chi connectivity index (χ0v) is 15.5. The maximum Gasteiger partial charge on any atom is 0.253 e. The molecule has 0 N–H and O–H groups in total. The molecule has 1 aliphatic heterocycles. The first-order chi connectivity index (χ1) is 13.1. The third-order valence-corrected chi connectivity index (χ3v) is 4.79. The van der Waals surface area contributed by atoms with E-state index >= 15 is 0 Å². The SMILES string of the molecule is CCN(C(=O)CN1CCN(C(=O)c2ccc(F)cc2)CC1)c1ccccc1. The van der Waals surface area contributed by atoms with E-state index in [-0.39, 0.29) is 17.6 Å². The lowest BCUT2D eigenvalue weighted by atomic mass is 10.1. The third-order valence-electron chi connectivity index (χ3n) is 4.79. The highest BCUT2D eigenvalue weighted by atomic mass is 19.1. The number of carbonyl (C=O) groups excluding carboxylic acids is 2. The van der Waals surface area contributed by atoms with Crippen LogP contribution in [0, 0.1) is 5.82 Å². The van der Waals surface area contributed by atoms with Gasteiger partial charge >= 0.3 is 0 Å². The predicted molar refractivity (Wildman–Crippen MR) is 103 cm³/mol. The molecule has 27 heavy (non-hydrogen) atoms. The minimum Gasteiger partial charge on any atom is -0.336 e. The Labute approximate surface area is 159 Å². The van der Waals surface area contributed by atoms with Crippen LogP contribution in [0.4, 0.5) is 10.1 Å². The van der Waals surface area contributed by atoms with E-state index in [1.54, 1.807) is 9.80 Å². The summed E-state index contributed by atoms with van der Waals surface area (Å²) in [6, 6.07) is 15.2. The number of benzene rings is 2. The lowest BCUT2D eigenvalue weighted by Gasteiger charge is -2.35. The number of anilines is 1. The molecule has 0 radical (unpaired) electrons. The monoisotopic (exact) mass is 369 g/mol. The lowest BCUT2D eigenvalue weighted by molar-refractivity contribution is -0.120. The van der Waals surface area contributed by atoms with Crippen LogP contribution in [0.3, 0.4) is 0 Å². The van der Waals surface area contributed by atoms with Crippen LogP contribution in [0.5, 0.6) is 0 Å². The fourth-order valence-corrected chi connectivity index (χ4v) is 3.27. The molecule has 2 aromatic carbocycles. The minimum atomic E-state index is -0.353. The van der Waals surface area contributed by atoms with Gasteiger partial charge in [0.2, 0.25) is 5.91 Å². The van der Waals surface area contributed by atoms with E-state index in [0.29, 0.717) is 44.8 Å². The first-order valence-corrected chi connectivity index (χ1v) is 9.21. The maximum absolute atomic E-state index is 13.0. The topological polar surface area (TPSA) is 43.9 Å². The van der Waals surface area contributed by atoms with Gasteiger partial charge in [0.25, 0.3) is 5.91 Å². The van der Waals surface area contributed by atoms with Gasteiger partial charge in [-0.2, -0.15) is 0 Å². The summed E-state index contributed by atoms with van der Waals surface area (Å²) in [5.41, 5.74) is 1.39. The molecule has 3 rings (SSSR count). The molecule has 1 heterocycles. The Balaban J connectivity index is 1.53. The normalized spacial score (nSPS) is 14.8. The van der Waals surface area contributed by atoms with Gasteiger partial charge in [-0.15, -0.1) is 0 Å². The van der Waals surface area contributed by atoms with Crippen molar-refractivity contribution in [2.24, 2.45) is 0 Å². The Hall–Kier alpha value is -2.73. The summed E-state index contributed by atoms with van der Waals surface area (Å²) in [6.07, 6.45) is 0. The molecule has 6 heteroatoms. The van der Waals surface area contributed by atoms with Gasteiger partial charge in [0, 0.05) is 44.0 Å². The summed E-state index contributed by atoms with van der Waals surface area (Å²) in [5.74, 6) is -0.392. The molecule has 0 saturated carbocycles. The summed E-state index contributed by atoms with van der Waals surface area (Å²) in [6.45, 7) is 5.31. The van der Waals surface area contributed by atoms with E-state index in [2.05, 4.69) is 4.90 Å². The average molecular weight is 369 g/mol. The molecule has 0 aromatic heterocycles. The fourth-order valence-electron chi connectivity index (χ4n) is 3.27. The second-order valence-corrected chi connectivity index (χ2v) is 6.55. The van der Waals surface area contributed by atoms with Crippen LogP contribution in [0.1, 0.15) is 17.3 Å². The van der Waals surface area contributed by atoms with Crippen molar-refractivity contribution in [2.75, 3.05) is 44.2 Å². The fraction of sp³-hybridized carbons (Fsp3) is 0.333. The molecule has 5 nitrogen and oxygen atoms in total. The molecule has 0 aliphatic carbocycles.